The highest BCUT2D eigenvalue weighted by molar-refractivity contribution is 5.94. The lowest BCUT2D eigenvalue weighted by atomic mass is 10.0. The SMILES string of the molecule is Cc1cc(C(=O)NCC(C)(C)N(C)C)ccc1-n1cnnn1. The highest BCUT2D eigenvalue weighted by atomic mass is 16.1. The summed E-state index contributed by atoms with van der Waals surface area (Å²) in [5.41, 5.74) is 2.32. The molecule has 7 heteroatoms. The van der Waals surface area contributed by atoms with Crippen LogP contribution in [0.15, 0.2) is 24.5 Å². The predicted octanol–water partition coefficient (Wildman–Crippen LogP) is 1.04. The van der Waals surface area contributed by atoms with Crippen LogP contribution in [-0.2, 0) is 0 Å². The normalized spacial score (nSPS) is 11.7. The van der Waals surface area contributed by atoms with Crippen molar-refractivity contribution < 1.29 is 4.79 Å². The minimum absolute atomic E-state index is 0.0821. The van der Waals surface area contributed by atoms with E-state index in [0.29, 0.717) is 12.1 Å². The summed E-state index contributed by atoms with van der Waals surface area (Å²) >= 11 is 0. The van der Waals surface area contributed by atoms with Gasteiger partial charge in [0.2, 0.25) is 0 Å². The van der Waals surface area contributed by atoms with E-state index in [1.54, 1.807) is 10.7 Å². The van der Waals surface area contributed by atoms with E-state index in [0.717, 1.165) is 11.3 Å². The van der Waals surface area contributed by atoms with Crippen molar-refractivity contribution in [3.8, 4) is 5.69 Å². The van der Waals surface area contributed by atoms with Crippen LogP contribution in [0, 0.1) is 6.92 Å². The molecule has 0 aliphatic carbocycles. The Bertz CT molecular complexity index is 648. The fourth-order valence-electron chi connectivity index (χ4n) is 1.88. The van der Waals surface area contributed by atoms with E-state index in [2.05, 4.69) is 39.6 Å². The largest absolute Gasteiger partial charge is 0.350 e. The molecule has 7 nitrogen and oxygen atoms in total. The van der Waals surface area contributed by atoms with E-state index in [9.17, 15) is 4.79 Å². The van der Waals surface area contributed by atoms with Gasteiger partial charge in [0.1, 0.15) is 6.33 Å². The second-order valence-electron chi connectivity index (χ2n) is 6.15. The average Bonchev–Trinajstić information content (AvgIpc) is 2.98. The number of carbonyl (C=O) groups excluding carboxylic acids is 1. The Morgan fingerprint density at radius 1 is 1.36 bits per heavy atom. The Kier molecular flexibility index (Phi) is 4.56. The quantitative estimate of drug-likeness (QED) is 0.893. The van der Waals surface area contributed by atoms with Gasteiger partial charge in [-0.25, -0.2) is 4.68 Å². The van der Waals surface area contributed by atoms with E-state index in [1.165, 1.54) is 6.33 Å². The number of hydrogen-bond acceptors (Lipinski definition) is 5. The average molecular weight is 302 g/mol. The number of carbonyl (C=O) groups is 1. The maximum absolute atomic E-state index is 12.3. The maximum Gasteiger partial charge on any atom is 0.251 e. The maximum atomic E-state index is 12.3. The zero-order chi connectivity index (χ0) is 16.3. The van der Waals surface area contributed by atoms with E-state index in [-0.39, 0.29) is 11.4 Å². The third-order valence-corrected chi connectivity index (χ3v) is 3.95. The van der Waals surface area contributed by atoms with Crippen LogP contribution in [0.5, 0.6) is 0 Å². The Hall–Kier alpha value is -2.28. The molecule has 2 aromatic rings. The molecule has 1 aromatic carbocycles. The van der Waals surface area contributed by atoms with Crippen molar-refractivity contribution in [1.29, 1.82) is 0 Å². The topological polar surface area (TPSA) is 75.9 Å². The predicted molar refractivity (Wildman–Crippen MR) is 84.0 cm³/mol. The molecule has 0 bridgehead atoms. The molecule has 0 unspecified atom stereocenters. The first kappa shape index (κ1) is 16.1. The molecule has 1 N–H and O–H groups in total. The third-order valence-electron chi connectivity index (χ3n) is 3.95. The van der Waals surface area contributed by atoms with E-state index in [1.807, 2.05) is 33.2 Å². The molecule has 2 rings (SSSR count). The number of likely N-dealkylation sites (N-methyl/N-ethyl adjacent to an activating group) is 1. The van der Waals surface area contributed by atoms with Crippen LogP contribution in [0.1, 0.15) is 29.8 Å². The minimum Gasteiger partial charge on any atom is -0.350 e. The number of amides is 1. The summed E-state index contributed by atoms with van der Waals surface area (Å²) < 4.78 is 1.58. The van der Waals surface area contributed by atoms with Crippen LogP contribution in [0.25, 0.3) is 5.69 Å². The van der Waals surface area contributed by atoms with Gasteiger partial charge in [0.25, 0.3) is 5.91 Å². The summed E-state index contributed by atoms with van der Waals surface area (Å²) in [6, 6.07) is 5.47. The van der Waals surface area contributed by atoms with Gasteiger partial charge in [0.05, 0.1) is 5.69 Å². The van der Waals surface area contributed by atoms with E-state index in [4.69, 9.17) is 0 Å². The zero-order valence-corrected chi connectivity index (χ0v) is 13.7. The Balaban J connectivity index is 2.10. The summed E-state index contributed by atoms with van der Waals surface area (Å²) in [6.45, 7) is 6.67. The highest BCUT2D eigenvalue weighted by Gasteiger charge is 2.21. The van der Waals surface area contributed by atoms with Crippen LogP contribution in [0.2, 0.25) is 0 Å². The van der Waals surface area contributed by atoms with Crippen molar-refractivity contribution in [2.24, 2.45) is 0 Å². The summed E-state index contributed by atoms with van der Waals surface area (Å²) in [6.07, 6.45) is 1.53. The van der Waals surface area contributed by atoms with Gasteiger partial charge in [-0.15, -0.1) is 5.10 Å². The van der Waals surface area contributed by atoms with Gasteiger partial charge in [0, 0.05) is 17.6 Å². The molecule has 0 atom stereocenters. The van der Waals surface area contributed by atoms with Crippen LogP contribution in [0.4, 0.5) is 0 Å². The molecule has 118 valence electrons. The lowest BCUT2D eigenvalue weighted by Gasteiger charge is -2.32. The molecule has 0 aliphatic heterocycles. The van der Waals surface area contributed by atoms with Gasteiger partial charge < -0.3 is 10.2 Å². The highest BCUT2D eigenvalue weighted by Crippen LogP contribution is 2.15. The van der Waals surface area contributed by atoms with Crippen LogP contribution in [-0.4, -0.2) is 57.2 Å². The zero-order valence-electron chi connectivity index (χ0n) is 13.7. The van der Waals surface area contributed by atoms with Crippen molar-refractivity contribution in [3.05, 3.63) is 35.7 Å². The summed E-state index contributed by atoms with van der Waals surface area (Å²) in [7, 11) is 3.99. The fraction of sp³-hybridized carbons (Fsp3) is 0.467. The standard InChI is InChI=1S/C15H22N6O/c1-11-8-12(6-7-13(11)21-10-17-18-19-21)14(22)16-9-15(2,3)20(4)5/h6-8,10H,9H2,1-5H3,(H,16,22). The molecule has 0 spiro atoms. The van der Waals surface area contributed by atoms with Gasteiger partial charge in [-0.2, -0.15) is 0 Å². The van der Waals surface area contributed by atoms with Gasteiger partial charge >= 0.3 is 0 Å². The molecule has 0 aliphatic rings. The van der Waals surface area contributed by atoms with Crippen molar-refractivity contribution in [2.45, 2.75) is 26.3 Å². The number of hydrogen-bond donors (Lipinski definition) is 1. The molecule has 1 amide bonds. The summed E-state index contributed by atoms with van der Waals surface area (Å²) in [4.78, 5) is 14.4. The number of tetrazole rings is 1. The van der Waals surface area contributed by atoms with Crippen LogP contribution in [0.3, 0.4) is 0 Å². The first-order valence-corrected chi connectivity index (χ1v) is 7.11. The van der Waals surface area contributed by atoms with E-state index >= 15 is 0 Å². The van der Waals surface area contributed by atoms with Crippen molar-refractivity contribution in [1.82, 2.24) is 30.4 Å². The minimum atomic E-state index is -0.100. The molecule has 1 aromatic heterocycles. The number of nitrogens with zero attached hydrogens (tertiary/aromatic N) is 5. The number of aromatic nitrogens is 4. The Labute approximate surface area is 130 Å². The molecule has 22 heavy (non-hydrogen) atoms. The second kappa shape index (κ2) is 6.23. The first-order chi connectivity index (χ1) is 10.3. The monoisotopic (exact) mass is 302 g/mol. The van der Waals surface area contributed by atoms with Gasteiger partial charge in [-0.05, 0) is 69.1 Å². The molecule has 1 heterocycles. The number of aryl methyl sites for hydroxylation is 1. The van der Waals surface area contributed by atoms with Gasteiger partial charge in [-0.1, -0.05) is 0 Å². The number of nitrogens with one attached hydrogen (secondary N) is 1. The molecular weight excluding hydrogens is 280 g/mol. The van der Waals surface area contributed by atoms with Crippen LogP contribution < -0.4 is 5.32 Å². The Morgan fingerprint density at radius 2 is 2.09 bits per heavy atom. The van der Waals surface area contributed by atoms with Crippen molar-refractivity contribution in [2.75, 3.05) is 20.6 Å². The molecule has 0 radical (unpaired) electrons. The lowest BCUT2D eigenvalue weighted by molar-refractivity contribution is 0.0919. The fourth-order valence-corrected chi connectivity index (χ4v) is 1.88. The smallest absolute Gasteiger partial charge is 0.251 e. The first-order valence-electron chi connectivity index (χ1n) is 7.11. The number of benzene rings is 1. The molecular formula is C15H22N6O. The van der Waals surface area contributed by atoms with Crippen LogP contribution >= 0.6 is 0 Å². The number of rotatable bonds is 5. The van der Waals surface area contributed by atoms with Crippen molar-refractivity contribution >= 4 is 5.91 Å². The lowest BCUT2D eigenvalue weighted by Crippen LogP contribution is -2.48. The summed E-state index contributed by atoms with van der Waals surface area (Å²) in [5.74, 6) is -0.0821. The summed E-state index contributed by atoms with van der Waals surface area (Å²) in [5, 5.41) is 14.1. The molecule has 0 saturated carbocycles. The third kappa shape index (κ3) is 3.48. The molecule has 0 fully saturated rings. The van der Waals surface area contributed by atoms with E-state index < -0.39 is 0 Å². The van der Waals surface area contributed by atoms with Gasteiger partial charge in [0.15, 0.2) is 0 Å². The van der Waals surface area contributed by atoms with Crippen molar-refractivity contribution in [3.63, 3.8) is 0 Å². The van der Waals surface area contributed by atoms with Gasteiger partial charge in [-0.3, -0.25) is 4.79 Å². The molecule has 0 saturated heterocycles. The second-order valence-corrected chi connectivity index (χ2v) is 6.15. The Morgan fingerprint density at radius 3 is 2.64 bits per heavy atom.